The number of nitrogens with zero attached hydrogens (tertiary/aromatic N) is 1. The molecule has 0 heterocycles. The predicted molar refractivity (Wildman–Crippen MR) is 83.5 cm³/mol. The number of halogens is 1. The van der Waals surface area contributed by atoms with Gasteiger partial charge in [-0.15, -0.1) is 0 Å². The largest absolute Gasteiger partial charge is 0.489 e. The molecule has 0 saturated carbocycles. The third kappa shape index (κ3) is 4.11. The molecule has 110 valence electrons. The van der Waals surface area contributed by atoms with Crippen LogP contribution in [-0.4, -0.2) is 11.1 Å². The Kier molecular flexibility index (Phi) is 5.18. The van der Waals surface area contributed by atoms with E-state index in [-0.39, 0.29) is 5.57 Å². The standard InChI is InChI=1S/C17H12ClNO3/c18-16-7-2-1-5-13(16)11-22-15-6-3-4-12(9-15)8-14(10-19)17(20)21/h1-9H,11H2,(H,20,21). The minimum absolute atomic E-state index is 0.302. The Morgan fingerprint density at radius 1 is 1.27 bits per heavy atom. The lowest BCUT2D eigenvalue weighted by Gasteiger charge is -2.08. The molecular formula is C17H12ClNO3. The summed E-state index contributed by atoms with van der Waals surface area (Å²) in [5.74, 6) is -0.693. The molecule has 0 aliphatic rings. The van der Waals surface area contributed by atoms with Crippen LogP contribution in [0.1, 0.15) is 11.1 Å². The maximum Gasteiger partial charge on any atom is 0.346 e. The summed E-state index contributed by atoms with van der Waals surface area (Å²) in [5, 5.41) is 18.2. The highest BCUT2D eigenvalue weighted by Gasteiger charge is 2.06. The highest BCUT2D eigenvalue weighted by Crippen LogP contribution is 2.20. The lowest BCUT2D eigenvalue weighted by molar-refractivity contribution is -0.132. The van der Waals surface area contributed by atoms with E-state index >= 15 is 0 Å². The van der Waals surface area contributed by atoms with Gasteiger partial charge in [-0.1, -0.05) is 41.9 Å². The van der Waals surface area contributed by atoms with E-state index in [4.69, 9.17) is 26.7 Å². The number of carboxylic acids is 1. The van der Waals surface area contributed by atoms with E-state index in [1.165, 1.54) is 6.08 Å². The highest BCUT2D eigenvalue weighted by molar-refractivity contribution is 6.31. The van der Waals surface area contributed by atoms with E-state index in [1.807, 2.05) is 18.2 Å². The van der Waals surface area contributed by atoms with E-state index < -0.39 is 5.97 Å². The zero-order valence-electron chi connectivity index (χ0n) is 11.5. The third-order valence-corrected chi connectivity index (χ3v) is 3.24. The number of rotatable bonds is 5. The molecule has 0 spiro atoms. The van der Waals surface area contributed by atoms with Crippen molar-refractivity contribution in [3.05, 3.63) is 70.3 Å². The van der Waals surface area contributed by atoms with Crippen molar-refractivity contribution in [2.24, 2.45) is 0 Å². The molecule has 22 heavy (non-hydrogen) atoms. The van der Waals surface area contributed by atoms with Gasteiger partial charge in [0, 0.05) is 10.6 Å². The van der Waals surface area contributed by atoms with Crippen LogP contribution in [0.5, 0.6) is 5.75 Å². The summed E-state index contributed by atoms with van der Waals surface area (Å²) in [6.07, 6.45) is 1.30. The molecule has 2 rings (SSSR count). The van der Waals surface area contributed by atoms with Crippen molar-refractivity contribution >= 4 is 23.6 Å². The SMILES string of the molecule is N#CC(=Cc1cccc(OCc2ccccc2Cl)c1)C(=O)O. The van der Waals surface area contributed by atoms with Crippen LogP contribution in [-0.2, 0) is 11.4 Å². The smallest absolute Gasteiger partial charge is 0.346 e. The molecule has 1 N–H and O–H groups in total. The number of benzene rings is 2. The van der Waals surface area contributed by atoms with Gasteiger partial charge in [-0.05, 0) is 29.8 Å². The van der Waals surface area contributed by atoms with E-state index in [2.05, 4.69) is 0 Å². The fraction of sp³-hybridized carbons (Fsp3) is 0.0588. The number of carbonyl (C=O) groups is 1. The van der Waals surface area contributed by atoms with Crippen molar-refractivity contribution in [1.29, 1.82) is 5.26 Å². The van der Waals surface area contributed by atoms with Crippen molar-refractivity contribution in [3.63, 3.8) is 0 Å². The predicted octanol–water partition coefficient (Wildman–Crippen LogP) is 3.91. The Hall–Kier alpha value is -2.77. The Bertz CT molecular complexity index is 762. The maximum absolute atomic E-state index is 10.8. The second-order valence-corrected chi connectivity index (χ2v) is 4.83. The first-order valence-electron chi connectivity index (χ1n) is 6.41. The highest BCUT2D eigenvalue weighted by atomic mass is 35.5. The number of nitriles is 1. The van der Waals surface area contributed by atoms with Gasteiger partial charge in [0.2, 0.25) is 0 Å². The molecule has 4 nitrogen and oxygen atoms in total. The van der Waals surface area contributed by atoms with Crippen LogP contribution in [0.25, 0.3) is 6.08 Å². The summed E-state index contributed by atoms with van der Waals surface area (Å²) >= 11 is 6.05. The van der Waals surface area contributed by atoms with Gasteiger partial charge in [-0.3, -0.25) is 0 Å². The third-order valence-electron chi connectivity index (χ3n) is 2.87. The fourth-order valence-electron chi connectivity index (χ4n) is 1.78. The molecule has 0 radical (unpaired) electrons. The fourth-order valence-corrected chi connectivity index (χ4v) is 1.97. The molecule has 0 amide bonds. The Labute approximate surface area is 132 Å². The first-order valence-corrected chi connectivity index (χ1v) is 6.79. The van der Waals surface area contributed by atoms with Gasteiger partial charge in [0.05, 0.1) is 0 Å². The second-order valence-electron chi connectivity index (χ2n) is 4.43. The molecule has 2 aromatic rings. The normalized spacial score (nSPS) is 10.8. The summed E-state index contributed by atoms with van der Waals surface area (Å²) in [5.41, 5.74) is 1.10. The Morgan fingerprint density at radius 2 is 2.05 bits per heavy atom. The van der Waals surface area contributed by atoms with Gasteiger partial charge in [-0.25, -0.2) is 4.79 Å². The topological polar surface area (TPSA) is 70.3 Å². The number of carboxylic acid groups (broad SMARTS) is 1. The summed E-state index contributed by atoms with van der Waals surface area (Å²) in [4.78, 5) is 10.8. The molecule has 0 aliphatic carbocycles. The van der Waals surface area contributed by atoms with Crippen LogP contribution < -0.4 is 4.74 Å². The average molecular weight is 314 g/mol. The average Bonchev–Trinajstić information content (AvgIpc) is 2.52. The second kappa shape index (κ2) is 7.30. The zero-order chi connectivity index (χ0) is 15.9. The summed E-state index contributed by atoms with van der Waals surface area (Å²) in [7, 11) is 0. The van der Waals surface area contributed by atoms with E-state index in [0.29, 0.717) is 22.9 Å². The van der Waals surface area contributed by atoms with Crippen LogP contribution in [0.2, 0.25) is 5.02 Å². The van der Waals surface area contributed by atoms with Crippen molar-refractivity contribution < 1.29 is 14.6 Å². The quantitative estimate of drug-likeness (QED) is 0.671. The van der Waals surface area contributed by atoms with E-state index in [9.17, 15) is 4.79 Å². The van der Waals surface area contributed by atoms with Gasteiger partial charge in [0.25, 0.3) is 0 Å². The summed E-state index contributed by atoms with van der Waals surface area (Å²) in [6.45, 7) is 0.302. The molecule has 0 atom stereocenters. The van der Waals surface area contributed by atoms with Crippen molar-refractivity contribution in [1.82, 2.24) is 0 Å². The van der Waals surface area contributed by atoms with Crippen LogP contribution in [0.4, 0.5) is 0 Å². The molecule has 2 aromatic carbocycles. The van der Waals surface area contributed by atoms with Crippen LogP contribution in [0.3, 0.4) is 0 Å². The summed E-state index contributed by atoms with van der Waals surface area (Å²) < 4.78 is 5.65. The molecule has 0 fully saturated rings. The number of hydrogen-bond acceptors (Lipinski definition) is 3. The van der Waals surface area contributed by atoms with Gasteiger partial charge in [0.15, 0.2) is 0 Å². The van der Waals surface area contributed by atoms with E-state index in [0.717, 1.165) is 5.56 Å². The van der Waals surface area contributed by atoms with Crippen molar-refractivity contribution in [3.8, 4) is 11.8 Å². The molecule has 0 bridgehead atoms. The van der Waals surface area contributed by atoms with Gasteiger partial charge in [0.1, 0.15) is 24.0 Å². The number of hydrogen-bond donors (Lipinski definition) is 1. The maximum atomic E-state index is 10.8. The number of ether oxygens (including phenoxy) is 1. The van der Waals surface area contributed by atoms with E-state index in [1.54, 1.807) is 36.4 Å². The van der Waals surface area contributed by atoms with Crippen molar-refractivity contribution in [2.75, 3.05) is 0 Å². The zero-order valence-corrected chi connectivity index (χ0v) is 12.2. The molecule has 0 saturated heterocycles. The van der Waals surface area contributed by atoms with Crippen LogP contribution in [0.15, 0.2) is 54.1 Å². The lowest BCUT2D eigenvalue weighted by Crippen LogP contribution is -1.98. The van der Waals surface area contributed by atoms with Gasteiger partial charge >= 0.3 is 5.97 Å². The van der Waals surface area contributed by atoms with Gasteiger partial charge < -0.3 is 9.84 Å². The molecular weight excluding hydrogens is 302 g/mol. The minimum Gasteiger partial charge on any atom is -0.489 e. The lowest BCUT2D eigenvalue weighted by atomic mass is 10.1. The first kappa shape index (κ1) is 15.6. The monoisotopic (exact) mass is 313 g/mol. The Morgan fingerprint density at radius 3 is 2.73 bits per heavy atom. The van der Waals surface area contributed by atoms with Crippen LogP contribution >= 0.6 is 11.6 Å². The van der Waals surface area contributed by atoms with Gasteiger partial charge in [-0.2, -0.15) is 5.26 Å². The Balaban J connectivity index is 2.14. The molecule has 0 aromatic heterocycles. The summed E-state index contributed by atoms with van der Waals surface area (Å²) in [6, 6.07) is 15.8. The van der Waals surface area contributed by atoms with Crippen molar-refractivity contribution in [2.45, 2.75) is 6.61 Å². The molecule has 0 aliphatic heterocycles. The minimum atomic E-state index is -1.26. The number of aliphatic carboxylic acids is 1. The molecule has 5 heteroatoms. The first-order chi connectivity index (χ1) is 10.6. The van der Waals surface area contributed by atoms with Crippen LogP contribution in [0, 0.1) is 11.3 Å². The molecule has 0 unspecified atom stereocenters.